The Morgan fingerprint density at radius 2 is 1.56 bits per heavy atom. The smallest absolute Gasteiger partial charge is 0.321 e. The van der Waals surface area contributed by atoms with Crippen LogP contribution in [0.25, 0.3) is 0 Å². The van der Waals surface area contributed by atoms with Crippen molar-refractivity contribution in [3.05, 3.63) is 58.1 Å². The van der Waals surface area contributed by atoms with E-state index in [4.69, 9.17) is 4.74 Å². The molecule has 0 fully saturated rings. The maximum absolute atomic E-state index is 12.3. The Bertz CT molecular complexity index is 732. The van der Waals surface area contributed by atoms with E-state index in [1.807, 2.05) is 38.1 Å². The molecule has 2 amide bonds. The third-order valence-corrected chi connectivity index (χ3v) is 4.56. The molecule has 0 heterocycles. The molecule has 0 saturated heterocycles. The third-order valence-electron chi connectivity index (χ3n) is 4.56. The molecule has 0 saturated carbocycles. The number of para-hydroxylation sites is 1. The van der Waals surface area contributed by atoms with Gasteiger partial charge in [-0.1, -0.05) is 44.2 Å². The van der Waals surface area contributed by atoms with E-state index < -0.39 is 0 Å². The van der Waals surface area contributed by atoms with Gasteiger partial charge in [-0.25, -0.2) is 4.79 Å². The quantitative estimate of drug-likeness (QED) is 0.735. The molecule has 134 valence electrons. The van der Waals surface area contributed by atoms with Crippen LogP contribution in [0.3, 0.4) is 0 Å². The minimum atomic E-state index is -0.251. The van der Waals surface area contributed by atoms with Gasteiger partial charge in [-0.2, -0.15) is 0 Å². The number of hydrogen-bond donors (Lipinski definition) is 2. The highest BCUT2D eigenvalue weighted by molar-refractivity contribution is 5.91. The number of nitrogens with one attached hydrogen (secondary N) is 2. The van der Waals surface area contributed by atoms with Gasteiger partial charge in [0.1, 0.15) is 5.75 Å². The zero-order valence-corrected chi connectivity index (χ0v) is 15.8. The average Bonchev–Trinajstić information content (AvgIpc) is 2.61. The Morgan fingerprint density at radius 3 is 2.16 bits per heavy atom. The molecule has 2 N–H and O–H groups in total. The minimum Gasteiger partial charge on any atom is -0.473 e. The fourth-order valence-corrected chi connectivity index (χ4v) is 2.88. The molecule has 0 aliphatic rings. The van der Waals surface area contributed by atoms with Crippen molar-refractivity contribution in [1.29, 1.82) is 0 Å². The van der Waals surface area contributed by atoms with E-state index in [2.05, 4.69) is 37.5 Å². The maximum Gasteiger partial charge on any atom is 0.321 e. The number of benzene rings is 2. The summed E-state index contributed by atoms with van der Waals surface area (Å²) in [6.45, 7) is 10.4. The summed E-state index contributed by atoms with van der Waals surface area (Å²) in [6.07, 6.45) is 1.75. The predicted octanol–water partition coefficient (Wildman–Crippen LogP) is 4.89. The second-order valence-electron chi connectivity index (χ2n) is 6.23. The summed E-state index contributed by atoms with van der Waals surface area (Å²) in [4.78, 5) is 12.3. The lowest BCUT2D eigenvalue weighted by Gasteiger charge is -2.17. The summed E-state index contributed by atoms with van der Waals surface area (Å²) in [6, 6.07) is 9.98. The number of carbonyl (C=O) groups excluding carboxylic acids is 1. The molecule has 2 rings (SSSR count). The number of aryl methyl sites for hydroxylation is 4. The lowest BCUT2D eigenvalue weighted by molar-refractivity contribution is 0.234. The zero-order valence-electron chi connectivity index (χ0n) is 15.8. The third kappa shape index (κ3) is 4.53. The molecule has 0 bridgehead atoms. The van der Waals surface area contributed by atoms with E-state index in [1.54, 1.807) is 0 Å². The van der Waals surface area contributed by atoms with Crippen molar-refractivity contribution in [2.75, 3.05) is 12.0 Å². The first kappa shape index (κ1) is 18.8. The van der Waals surface area contributed by atoms with Crippen molar-refractivity contribution in [2.45, 2.75) is 47.5 Å². The van der Waals surface area contributed by atoms with Crippen molar-refractivity contribution in [1.82, 2.24) is 5.32 Å². The van der Waals surface area contributed by atoms with Crippen LogP contribution in [0.4, 0.5) is 10.5 Å². The topological polar surface area (TPSA) is 50.4 Å². The fourth-order valence-electron chi connectivity index (χ4n) is 2.88. The highest BCUT2D eigenvalue weighted by Gasteiger charge is 2.11. The number of hydrogen-bond acceptors (Lipinski definition) is 2. The summed E-state index contributed by atoms with van der Waals surface area (Å²) in [5.74, 6) is 0.837. The number of anilines is 1. The van der Waals surface area contributed by atoms with Crippen LogP contribution >= 0.6 is 0 Å². The Morgan fingerprint density at radius 1 is 0.960 bits per heavy atom. The van der Waals surface area contributed by atoms with E-state index in [-0.39, 0.29) is 12.8 Å². The van der Waals surface area contributed by atoms with Gasteiger partial charge in [0, 0.05) is 5.69 Å². The van der Waals surface area contributed by atoms with Crippen molar-refractivity contribution < 1.29 is 9.53 Å². The molecule has 4 heteroatoms. The number of rotatable bonds is 6. The first-order chi connectivity index (χ1) is 12.0. The van der Waals surface area contributed by atoms with Crippen LogP contribution < -0.4 is 15.4 Å². The summed E-state index contributed by atoms with van der Waals surface area (Å²) in [5.41, 5.74) is 6.53. The Hall–Kier alpha value is -2.49. The second-order valence-corrected chi connectivity index (χ2v) is 6.23. The minimum absolute atomic E-state index is 0.132. The lowest BCUT2D eigenvalue weighted by atomic mass is 10.0. The lowest BCUT2D eigenvalue weighted by Crippen LogP contribution is -2.32. The normalized spacial score (nSPS) is 10.4. The van der Waals surface area contributed by atoms with E-state index >= 15 is 0 Å². The van der Waals surface area contributed by atoms with Gasteiger partial charge < -0.3 is 15.4 Å². The van der Waals surface area contributed by atoms with Crippen molar-refractivity contribution in [2.24, 2.45) is 0 Å². The van der Waals surface area contributed by atoms with E-state index in [9.17, 15) is 4.79 Å². The summed E-state index contributed by atoms with van der Waals surface area (Å²) in [7, 11) is 0. The molecule has 0 atom stereocenters. The van der Waals surface area contributed by atoms with E-state index in [0.29, 0.717) is 0 Å². The number of amides is 2. The Labute approximate surface area is 150 Å². The van der Waals surface area contributed by atoms with Crippen LogP contribution in [0.5, 0.6) is 5.75 Å². The second kappa shape index (κ2) is 8.56. The van der Waals surface area contributed by atoms with Crippen molar-refractivity contribution in [3.8, 4) is 5.75 Å². The van der Waals surface area contributed by atoms with Gasteiger partial charge in [-0.3, -0.25) is 0 Å². The van der Waals surface area contributed by atoms with Crippen LogP contribution in [0.2, 0.25) is 0 Å². The predicted molar refractivity (Wildman–Crippen MR) is 104 cm³/mol. The average molecular weight is 340 g/mol. The fraction of sp³-hybridized carbons (Fsp3) is 0.381. The monoisotopic (exact) mass is 340 g/mol. The van der Waals surface area contributed by atoms with Crippen LogP contribution in [-0.2, 0) is 12.8 Å². The summed E-state index contributed by atoms with van der Waals surface area (Å²) >= 11 is 0. The van der Waals surface area contributed by atoms with Crippen molar-refractivity contribution in [3.63, 3.8) is 0 Å². The standard InChI is InChI=1S/C21H28N2O2/c1-6-17-9-8-10-18(7-2)19(17)23-21(24)22-13-25-20-15(4)12-11-14(3)16(20)5/h8-12H,6-7,13H2,1-5H3,(H2,22,23,24). The molecule has 0 aliphatic heterocycles. The first-order valence-corrected chi connectivity index (χ1v) is 8.83. The molecule has 0 aromatic heterocycles. The van der Waals surface area contributed by atoms with Crippen LogP contribution in [-0.4, -0.2) is 12.8 Å². The van der Waals surface area contributed by atoms with Gasteiger partial charge in [0.15, 0.2) is 6.73 Å². The highest BCUT2D eigenvalue weighted by atomic mass is 16.5. The molecule has 2 aromatic carbocycles. The van der Waals surface area contributed by atoms with Gasteiger partial charge in [0.2, 0.25) is 0 Å². The van der Waals surface area contributed by atoms with Gasteiger partial charge in [-0.15, -0.1) is 0 Å². The SMILES string of the molecule is CCc1cccc(CC)c1NC(=O)NCOc1c(C)ccc(C)c1C. The zero-order chi connectivity index (χ0) is 18.4. The van der Waals surface area contributed by atoms with Crippen LogP contribution in [0.1, 0.15) is 41.7 Å². The molecular weight excluding hydrogens is 312 g/mol. The molecule has 0 radical (unpaired) electrons. The van der Waals surface area contributed by atoms with E-state index in [1.165, 1.54) is 5.56 Å². The summed E-state index contributed by atoms with van der Waals surface area (Å²) in [5, 5.41) is 5.76. The molecule has 0 unspecified atom stereocenters. The summed E-state index contributed by atoms with van der Waals surface area (Å²) < 4.78 is 5.80. The highest BCUT2D eigenvalue weighted by Crippen LogP contribution is 2.25. The van der Waals surface area contributed by atoms with Gasteiger partial charge >= 0.3 is 6.03 Å². The molecule has 0 spiro atoms. The molecule has 4 nitrogen and oxygen atoms in total. The van der Waals surface area contributed by atoms with E-state index in [0.717, 1.165) is 46.5 Å². The Balaban J connectivity index is 2.00. The maximum atomic E-state index is 12.3. The Kier molecular flexibility index (Phi) is 6.45. The molecular formula is C21H28N2O2. The number of ether oxygens (including phenoxy) is 1. The number of urea groups is 1. The first-order valence-electron chi connectivity index (χ1n) is 8.83. The van der Waals surface area contributed by atoms with Crippen LogP contribution in [0, 0.1) is 20.8 Å². The number of carbonyl (C=O) groups is 1. The van der Waals surface area contributed by atoms with Crippen LogP contribution in [0.15, 0.2) is 30.3 Å². The largest absolute Gasteiger partial charge is 0.473 e. The van der Waals surface area contributed by atoms with Crippen molar-refractivity contribution >= 4 is 11.7 Å². The van der Waals surface area contributed by atoms with Gasteiger partial charge in [0.25, 0.3) is 0 Å². The molecule has 0 aliphatic carbocycles. The van der Waals surface area contributed by atoms with Gasteiger partial charge in [0.05, 0.1) is 0 Å². The molecule has 2 aromatic rings. The van der Waals surface area contributed by atoms with Gasteiger partial charge in [-0.05, 0) is 61.4 Å². The molecule has 25 heavy (non-hydrogen) atoms.